The molecule has 0 saturated heterocycles. The summed E-state index contributed by atoms with van der Waals surface area (Å²) in [6.45, 7) is 3.09. The van der Waals surface area contributed by atoms with Crippen LogP contribution < -0.4 is 5.32 Å². The van der Waals surface area contributed by atoms with E-state index in [1.54, 1.807) is 0 Å². The topological polar surface area (TPSA) is 12.0 Å². The molecule has 1 unspecified atom stereocenters. The molecule has 0 aromatic heterocycles. The molecule has 1 aliphatic rings. The summed E-state index contributed by atoms with van der Waals surface area (Å²) in [5.41, 5.74) is 1.04. The Labute approximate surface area is 114 Å². The van der Waals surface area contributed by atoms with Crippen LogP contribution in [0.15, 0.2) is 18.2 Å². The number of rotatable bonds is 6. The van der Waals surface area contributed by atoms with Crippen molar-refractivity contribution in [2.75, 3.05) is 6.54 Å². The van der Waals surface area contributed by atoms with Gasteiger partial charge in [0.25, 0.3) is 0 Å². The van der Waals surface area contributed by atoms with Gasteiger partial charge < -0.3 is 5.32 Å². The van der Waals surface area contributed by atoms with E-state index >= 15 is 0 Å². The van der Waals surface area contributed by atoms with E-state index in [2.05, 4.69) is 12.2 Å². The summed E-state index contributed by atoms with van der Waals surface area (Å²) in [7, 11) is 0. The van der Waals surface area contributed by atoms with E-state index < -0.39 is 0 Å². The maximum Gasteiger partial charge on any atom is 0.124 e. The van der Waals surface area contributed by atoms with Crippen LogP contribution in [0.5, 0.6) is 0 Å². The largest absolute Gasteiger partial charge is 0.314 e. The summed E-state index contributed by atoms with van der Waals surface area (Å²) in [5, 5.41) is 4.07. The van der Waals surface area contributed by atoms with Gasteiger partial charge in [0.1, 0.15) is 5.82 Å². The zero-order valence-electron chi connectivity index (χ0n) is 10.9. The standard InChI is InChI=1S/C15H21ClFN/c1-2-18-14(8-11-4-3-5-11)9-12-6-7-13(17)10-15(12)16/h6-7,10-11,14,18H,2-5,8-9H2,1H3. The first-order valence-electron chi connectivity index (χ1n) is 6.86. The van der Waals surface area contributed by atoms with Crippen molar-refractivity contribution >= 4 is 11.6 Å². The predicted molar refractivity (Wildman–Crippen MR) is 74.5 cm³/mol. The maximum absolute atomic E-state index is 13.0. The number of likely N-dealkylation sites (N-methyl/N-ethyl adjacent to an activating group) is 1. The number of halogens is 2. The fourth-order valence-corrected chi connectivity index (χ4v) is 2.86. The van der Waals surface area contributed by atoms with Crippen molar-refractivity contribution in [1.29, 1.82) is 0 Å². The SMILES string of the molecule is CCNC(Cc1ccc(F)cc1Cl)CC1CCC1. The molecule has 1 nitrogen and oxygen atoms in total. The van der Waals surface area contributed by atoms with Crippen LogP contribution in [0, 0.1) is 11.7 Å². The Hall–Kier alpha value is -0.600. The summed E-state index contributed by atoms with van der Waals surface area (Å²) in [6.07, 6.45) is 6.20. The lowest BCUT2D eigenvalue weighted by Gasteiger charge is -2.30. The van der Waals surface area contributed by atoms with Crippen LogP contribution >= 0.6 is 11.6 Å². The molecule has 100 valence electrons. The highest BCUT2D eigenvalue weighted by atomic mass is 35.5. The summed E-state index contributed by atoms with van der Waals surface area (Å²) in [6, 6.07) is 5.17. The van der Waals surface area contributed by atoms with Crippen molar-refractivity contribution in [3.8, 4) is 0 Å². The van der Waals surface area contributed by atoms with Gasteiger partial charge in [0.15, 0.2) is 0 Å². The van der Waals surface area contributed by atoms with Crippen molar-refractivity contribution in [1.82, 2.24) is 5.32 Å². The van der Waals surface area contributed by atoms with E-state index in [0.717, 1.165) is 24.4 Å². The molecule has 0 aliphatic heterocycles. The van der Waals surface area contributed by atoms with E-state index in [1.807, 2.05) is 6.07 Å². The van der Waals surface area contributed by atoms with E-state index in [4.69, 9.17) is 11.6 Å². The second-order valence-electron chi connectivity index (χ2n) is 5.23. The lowest BCUT2D eigenvalue weighted by molar-refractivity contribution is 0.260. The molecule has 0 bridgehead atoms. The van der Waals surface area contributed by atoms with Crippen molar-refractivity contribution < 1.29 is 4.39 Å². The summed E-state index contributed by atoms with van der Waals surface area (Å²) in [5.74, 6) is 0.607. The zero-order chi connectivity index (χ0) is 13.0. The Kier molecular flexibility index (Phi) is 5.02. The van der Waals surface area contributed by atoms with E-state index in [1.165, 1.54) is 37.8 Å². The third-order valence-corrected chi connectivity index (χ3v) is 4.17. The fourth-order valence-electron chi connectivity index (χ4n) is 2.61. The van der Waals surface area contributed by atoms with Gasteiger partial charge >= 0.3 is 0 Å². The van der Waals surface area contributed by atoms with Crippen molar-refractivity contribution in [3.05, 3.63) is 34.6 Å². The molecule has 1 fully saturated rings. The predicted octanol–water partition coefficient (Wildman–Crippen LogP) is 4.19. The molecule has 1 N–H and O–H groups in total. The minimum atomic E-state index is -0.261. The number of nitrogens with one attached hydrogen (secondary N) is 1. The Balaban J connectivity index is 1.97. The van der Waals surface area contributed by atoms with Gasteiger partial charge in [-0.3, -0.25) is 0 Å². The van der Waals surface area contributed by atoms with E-state index in [0.29, 0.717) is 11.1 Å². The molecule has 0 heterocycles. The van der Waals surface area contributed by atoms with Gasteiger partial charge in [-0.05, 0) is 43.0 Å². The molecular formula is C15H21ClFN. The molecule has 0 spiro atoms. The third-order valence-electron chi connectivity index (χ3n) is 3.82. The number of benzene rings is 1. The highest BCUT2D eigenvalue weighted by molar-refractivity contribution is 6.31. The first-order chi connectivity index (χ1) is 8.69. The van der Waals surface area contributed by atoms with Gasteiger partial charge in [-0.1, -0.05) is 43.9 Å². The van der Waals surface area contributed by atoms with E-state index in [-0.39, 0.29) is 5.82 Å². The van der Waals surface area contributed by atoms with Gasteiger partial charge in [-0.15, -0.1) is 0 Å². The lowest BCUT2D eigenvalue weighted by atomic mass is 9.80. The molecule has 1 saturated carbocycles. The van der Waals surface area contributed by atoms with Crippen LogP contribution in [0.4, 0.5) is 4.39 Å². The average molecular weight is 270 g/mol. The lowest BCUT2D eigenvalue weighted by Crippen LogP contribution is -2.34. The normalized spacial score (nSPS) is 17.5. The van der Waals surface area contributed by atoms with Crippen LogP contribution in [0.3, 0.4) is 0 Å². The average Bonchev–Trinajstić information content (AvgIpc) is 2.27. The molecule has 0 radical (unpaired) electrons. The molecular weight excluding hydrogens is 249 g/mol. The van der Waals surface area contributed by atoms with Crippen LogP contribution in [0.1, 0.15) is 38.2 Å². The Bertz CT molecular complexity index is 390. The molecule has 18 heavy (non-hydrogen) atoms. The number of hydrogen-bond donors (Lipinski definition) is 1. The van der Waals surface area contributed by atoms with Crippen LogP contribution in [-0.4, -0.2) is 12.6 Å². The Morgan fingerprint density at radius 2 is 2.22 bits per heavy atom. The monoisotopic (exact) mass is 269 g/mol. The van der Waals surface area contributed by atoms with Crippen LogP contribution in [0.2, 0.25) is 5.02 Å². The van der Waals surface area contributed by atoms with E-state index in [9.17, 15) is 4.39 Å². The summed E-state index contributed by atoms with van der Waals surface area (Å²) in [4.78, 5) is 0. The molecule has 0 amide bonds. The second kappa shape index (κ2) is 6.53. The fraction of sp³-hybridized carbons (Fsp3) is 0.600. The minimum Gasteiger partial charge on any atom is -0.314 e. The molecule has 1 atom stereocenters. The summed E-state index contributed by atoms with van der Waals surface area (Å²) < 4.78 is 13.0. The Morgan fingerprint density at radius 1 is 1.44 bits per heavy atom. The molecule has 1 aliphatic carbocycles. The zero-order valence-corrected chi connectivity index (χ0v) is 11.6. The van der Waals surface area contributed by atoms with Gasteiger partial charge in [-0.2, -0.15) is 0 Å². The molecule has 2 rings (SSSR count). The molecule has 1 aromatic carbocycles. The van der Waals surface area contributed by atoms with Gasteiger partial charge in [0, 0.05) is 11.1 Å². The first-order valence-corrected chi connectivity index (χ1v) is 7.24. The number of hydrogen-bond acceptors (Lipinski definition) is 1. The summed E-state index contributed by atoms with van der Waals surface area (Å²) >= 11 is 6.09. The highest BCUT2D eigenvalue weighted by Crippen LogP contribution is 2.31. The Morgan fingerprint density at radius 3 is 2.78 bits per heavy atom. The van der Waals surface area contributed by atoms with Gasteiger partial charge in [-0.25, -0.2) is 4.39 Å². The quantitative estimate of drug-likeness (QED) is 0.817. The van der Waals surface area contributed by atoms with Crippen molar-refractivity contribution in [3.63, 3.8) is 0 Å². The van der Waals surface area contributed by atoms with Crippen molar-refractivity contribution in [2.45, 2.75) is 45.1 Å². The van der Waals surface area contributed by atoms with Gasteiger partial charge in [0.2, 0.25) is 0 Å². The van der Waals surface area contributed by atoms with Crippen molar-refractivity contribution in [2.24, 2.45) is 5.92 Å². The maximum atomic E-state index is 13.0. The third kappa shape index (κ3) is 3.69. The minimum absolute atomic E-state index is 0.261. The molecule has 1 aromatic rings. The van der Waals surface area contributed by atoms with Crippen LogP contribution in [0.25, 0.3) is 0 Å². The highest BCUT2D eigenvalue weighted by Gasteiger charge is 2.22. The second-order valence-corrected chi connectivity index (χ2v) is 5.63. The molecule has 3 heteroatoms. The van der Waals surface area contributed by atoms with Gasteiger partial charge in [0.05, 0.1) is 0 Å². The first kappa shape index (κ1) is 13.8. The van der Waals surface area contributed by atoms with Crippen LogP contribution in [-0.2, 0) is 6.42 Å². The smallest absolute Gasteiger partial charge is 0.124 e.